The number of H-pyrrole nitrogens is 2. The Morgan fingerprint density at radius 3 is 2.81 bits per heavy atom. The van der Waals surface area contributed by atoms with Crippen LogP contribution >= 0.6 is 0 Å². The van der Waals surface area contributed by atoms with E-state index in [1.807, 2.05) is 43.3 Å². The van der Waals surface area contributed by atoms with E-state index in [1.165, 1.54) is 6.07 Å². The second kappa shape index (κ2) is 5.84. The summed E-state index contributed by atoms with van der Waals surface area (Å²) in [7, 11) is 0. The Balaban J connectivity index is 1.85. The maximum absolute atomic E-state index is 12.3. The Hall–Kier alpha value is -3.87. The Morgan fingerprint density at radius 1 is 1.04 bits per heavy atom. The fourth-order valence-electron chi connectivity index (χ4n) is 3.19. The number of fused-ring (bicyclic) bond motifs is 2. The molecule has 0 unspecified atom stereocenters. The molecule has 7 heteroatoms. The third-order valence-electron chi connectivity index (χ3n) is 4.48. The van der Waals surface area contributed by atoms with Crippen LogP contribution in [0, 0.1) is 6.92 Å². The van der Waals surface area contributed by atoms with Crippen molar-refractivity contribution in [2.45, 2.75) is 6.92 Å². The van der Waals surface area contributed by atoms with Gasteiger partial charge in [-0.25, -0.2) is 4.98 Å². The fourth-order valence-corrected chi connectivity index (χ4v) is 3.19. The van der Waals surface area contributed by atoms with Crippen molar-refractivity contribution in [1.82, 2.24) is 30.1 Å². The van der Waals surface area contributed by atoms with Gasteiger partial charge in [0.25, 0.3) is 0 Å². The highest BCUT2D eigenvalue weighted by Crippen LogP contribution is 2.32. The molecule has 0 bridgehead atoms. The van der Waals surface area contributed by atoms with Crippen molar-refractivity contribution < 1.29 is 0 Å². The highest BCUT2D eigenvalue weighted by atomic mass is 16.1. The van der Waals surface area contributed by atoms with Crippen molar-refractivity contribution in [2.24, 2.45) is 0 Å². The van der Waals surface area contributed by atoms with E-state index in [0.717, 1.165) is 22.0 Å². The fraction of sp³-hybridized carbons (Fsp3) is 0.0500. The summed E-state index contributed by atoms with van der Waals surface area (Å²) >= 11 is 0. The zero-order valence-corrected chi connectivity index (χ0v) is 14.4. The molecule has 0 atom stereocenters. The first kappa shape index (κ1) is 15.4. The third-order valence-corrected chi connectivity index (χ3v) is 4.48. The van der Waals surface area contributed by atoms with Crippen LogP contribution < -0.4 is 5.43 Å². The Bertz CT molecular complexity index is 1370. The molecular weight excluding hydrogens is 340 g/mol. The topological polar surface area (TPSA) is 100 Å². The van der Waals surface area contributed by atoms with Crippen molar-refractivity contribution in [3.8, 4) is 22.6 Å². The van der Waals surface area contributed by atoms with E-state index < -0.39 is 0 Å². The quantitative estimate of drug-likeness (QED) is 0.507. The molecule has 0 saturated carbocycles. The predicted octanol–water partition coefficient (Wildman–Crippen LogP) is 3.23. The van der Waals surface area contributed by atoms with E-state index in [2.05, 4.69) is 30.1 Å². The summed E-state index contributed by atoms with van der Waals surface area (Å²) in [6.07, 6.45) is 3.36. The minimum Gasteiger partial charge on any atom is -0.346 e. The van der Waals surface area contributed by atoms with Gasteiger partial charge in [-0.05, 0) is 36.8 Å². The first-order valence-corrected chi connectivity index (χ1v) is 8.46. The molecular formula is C20H14N6O. The van der Waals surface area contributed by atoms with Gasteiger partial charge in [0.1, 0.15) is 17.2 Å². The number of hydrogen-bond donors (Lipinski definition) is 2. The molecule has 4 aromatic heterocycles. The maximum Gasteiger partial charge on any atom is 0.191 e. The molecule has 5 aromatic rings. The molecule has 130 valence electrons. The maximum atomic E-state index is 12.3. The smallest absolute Gasteiger partial charge is 0.191 e. The van der Waals surface area contributed by atoms with Gasteiger partial charge in [-0.3, -0.25) is 9.78 Å². The lowest BCUT2D eigenvalue weighted by molar-refractivity contribution is 1.04. The van der Waals surface area contributed by atoms with E-state index >= 15 is 0 Å². The highest BCUT2D eigenvalue weighted by molar-refractivity contribution is 5.92. The minimum absolute atomic E-state index is 0.0831. The molecule has 7 nitrogen and oxygen atoms in total. The lowest BCUT2D eigenvalue weighted by Gasteiger charge is -2.10. The van der Waals surface area contributed by atoms with Crippen LogP contribution in [0.25, 0.3) is 44.6 Å². The highest BCUT2D eigenvalue weighted by Gasteiger charge is 2.16. The molecule has 2 N–H and O–H groups in total. The van der Waals surface area contributed by atoms with E-state index in [-0.39, 0.29) is 5.43 Å². The molecule has 0 aliphatic heterocycles. The van der Waals surface area contributed by atoms with Gasteiger partial charge in [0.2, 0.25) is 0 Å². The third kappa shape index (κ3) is 2.56. The largest absolute Gasteiger partial charge is 0.346 e. The zero-order chi connectivity index (χ0) is 18.4. The lowest BCUT2D eigenvalue weighted by atomic mass is 10.00. The number of benzene rings is 1. The monoisotopic (exact) mass is 354 g/mol. The molecule has 0 fully saturated rings. The van der Waals surface area contributed by atoms with Crippen LogP contribution in [0.2, 0.25) is 0 Å². The summed E-state index contributed by atoms with van der Waals surface area (Å²) < 4.78 is 0. The SMILES string of the molecule is Cc1nnc(-c2nc3[nH]ccc(=O)c3cc2-c2ccc3ncccc3c2)[nH]1. The van der Waals surface area contributed by atoms with E-state index in [0.29, 0.717) is 28.4 Å². The molecule has 0 aliphatic carbocycles. The number of aromatic nitrogens is 6. The van der Waals surface area contributed by atoms with Crippen LogP contribution in [0.1, 0.15) is 5.82 Å². The minimum atomic E-state index is -0.0831. The normalized spacial score (nSPS) is 11.3. The standard InChI is InChI=1S/C20H14N6O/c1-11-23-20(26-25-11)18-14(10-15-17(27)6-8-22-19(15)24-18)12-4-5-16-13(9-12)3-2-7-21-16/h2-10H,1H3,(H,22,24,27)(H,23,25,26). The van der Waals surface area contributed by atoms with E-state index in [4.69, 9.17) is 0 Å². The molecule has 0 spiro atoms. The summed E-state index contributed by atoms with van der Waals surface area (Å²) in [4.78, 5) is 27.5. The van der Waals surface area contributed by atoms with Crippen LogP contribution in [-0.2, 0) is 0 Å². The van der Waals surface area contributed by atoms with Crippen LogP contribution in [0.5, 0.6) is 0 Å². The number of hydrogen-bond acceptors (Lipinski definition) is 5. The van der Waals surface area contributed by atoms with Gasteiger partial charge in [0, 0.05) is 29.4 Å². The summed E-state index contributed by atoms with van der Waals surface area (Å²) in [5, 5.41) is 9.78. The molecule has 27 heavy (non-hydrogen) atoms. The van der Waals surface area contributed by atoms with Gasteiger partial charge < -0.3 is 9.97 Å². The van der Waals surface area contributed by atoms with Crippen molar-refractivity contribution in [3.05, 3.63) is 70.9 Å². The van der Waals surface area contributed by atoms with Crippen LogP contribution in [0.3, 0.4) is 0 Å². The van der Waals surface area contributed by atoms with Crippen molar-refractivity contribution >= 4 is 21.9 Å². The number of aryl methyl sites for hydroxylation is 1. The number of nitrogens with one attached hydrogen (secondary N) is 2. The first-order chi connectivity index (χ1) is 13.2. The van der Waals surface area contributed by atoms with E-state index in [1.54, 1.807) is 12.4 Å². The zero-order valence-electron chi connectivity index (χ0n) is 14.4. The number of aromatic amines is 2. The number of pyridine rings is 3. The van der Waals surface area contributed by atoms with Crippen LogP contribution in [0.15, 0.2) is 59.7 Å². The molecule has 0 saturated heterocycles. The van der Waals surface area contributed by atoms with Crippen molar-refractivity contribution in [2.75, 3.05) is 0 Å². The molecule has 0 radical (unpaired) electrons. The first-order valence-electron chi connectivity index (χ1n) is 8.46. The summed E-state index contributed by atoms with van der Waals surface area (Å²) in [5.41, 5.74) is 3.70. The van der Waals surface area contributed by atoms with Gasteiger partial charge in [0.15, 0.2) is 11.3 Å². The Morgan fingerprint density at radius 2 is 1.96 bits per heavy atom. The summed E-state index contributed by atoms with van der Waals surface area (Å²) in [6.45, 7) is 1.83. The van der Waals surface area contributed by atoms with Crippen LogP contribution in [-0.4, -0.2) is 30.1 Å². The number of nitrogens with zero attached hydrogens (tertiary/aromatic N) is 4. The van der Waals surface area contributed by atoms with Crippen molar-refractivity contribution in [3.63, 3.8) is 0 Å². The van der Waals surface area contributed by atoms with Gasteiger partial charge >= 0.3 is 0 Å². The molecule has 4 heterocycles. The second-order valence-corrected chi connectivity index (χ2v) is 6.29. The number of rotatable bonds is 2. The second-order valence-electron chi connectivity index (χ2n) is 6.29. The van der Waals surface area contributed by atoms with E-state index in [9.17, 15) is 4.79 Å². The van der Waals surface area contributed by atoms with Crippen molar-refractivity contribution in [1.29, 1.82) is 0 Å². The summed E-state index contributed by atoms with van der Waals surface area (Å²) in [5.74, 6) is 1.25. The predicted molar refractivity (Wildman–Crippen MR) is 103 cm³/mol. The molecule has 5 rings (SSSR count). The average molecular weight is 354 g/mol. The Kier molecular flexibility index (Phi) is 3.33. The molecule has 0 aliphatic rings. The van der Waals surface area contributed by atoms with Gasteiger partial charge in [-0.2, -0.15) is 0 Å². The molecule has 0 amide bonds. The lowest BCUT2D eigenvalue weighted by Crippen LogP contribution is -2.04. The van der Waals surface area contributed by atoms with Gasteiger partial charge in [-0.1, -0.05) is 12.1 Å². The molecule has 1 aromatic carbocycles. The average Bonchev–Trinajstić information content (AvgIpc) is 3.13. The van der Waals surface area contributed by atoms with Gasteiger partial charge in [-0.15, -0.1) is 10.2 Å². The van der Waals surface area contributed by atoms with Gasteiger partial charge in [0.05, 0.1) is 10.9 Å². The Labute approximate surface area is 153 Å². The van der Waals surface area contributed by atoms with Crippen LogP contribution in [0.4, 0.5) is 0 Å². The summed E-state index contributed by atoms with van der Waals surface area (Å²) in [6, 6.07) is 13.2.